The molecule has 1 heterocycles. The van der Waals surface area contributed by atoms with Crippen LogP contribution < -0.4 is 5.32 Å². The summed E-state index contributed by atoms with van der Waals surface area (Å²) in [5, 5.41) is 2.78. The van der Waals surface area contributed by atoms with Crippen LogP contribution in [0.1, 0.15) is 29.7 Å². The number of carbonyl (C=O) groups excluding carboxylic acids is 1. The summed E-state index contributed by atoms with van der Waals surface area (Å²) < 4.78 is 26.7. The predicted molar refractivity (Wildman–Crippen MR) is 88.3 cm³/mol. The number of nitrogens with one attached hydrogen (secondary N) is 1. The minimum atomic E-state index is -0.644. The highest BCUT2D eigenvalue weighted by Gasteiger charge is 2.20. The Bertz CT molecular complexity index is 748. The zero-order valence-corrected chi connectivity index (χ0v) is 13.6. The molecule has 3 nitrogen and oxygen atoms in total. The van der Waals surface area contributed by atoms with E-state index in [-0.39, 0.29) is 18.0 Å². The number of fused-ring (bicyclic) bond motifs is 1. The minimum absolute atomic E-state index is 0.161. The van der Waals surface area contributed by atoms with E-state index in [0.29, 0.717) is 0 Å². The van der Waals surface area contributed by atoms with E-state index in [4.69, 9.17) is 0 Å². The second kappa shape index (κ2) is 7.09. The third kappa shape index (κ3) is 3.79. The Balaban J connectivity index is 1.58. The van der Waals surface area contributed by atoms with Crippen LogP contribution in [0.5, 0.6) is 0 Å². The summed E-state index contributed by atoms with van der Waals surface area (Å²) in [5.74, 6) is -1.43. The van der Waals surface area contributed by atoms with Crippen LogP contribution in [0, 0.1) is 11.6 Å². The van der Waals surface area contributed by atoms with Gasteiger partial charge in [-0.25, -0.2) is 8.78 Å². The van der Waals surface area contributed by atoms with Gasteiger partial charge in [-0.05, 0) is 30.5 Å². The van der Waals surface area contributed by atoms with E-state index >= 15 is 0 Å². The number of halogens is 2. The van der Waals surface area contributed by atoms with E-state index in [2.05, 4.69) is 22.3 Å². The highest BCUT2D eigenvalue weighted by atomic mass is 19.1. The second-order valence-corrected chi connectivity index (χ2v) is 6.18. The molecular weight excluding hydrogens is 310 g/mol. The monoisotopic (exact) mass is 330 g/mol. The van der Waals surface area contributed by atoms with Crippen molar-refractivity contribution in [3.05, 3.63) is 70.8 Å². The van der Waals surface area contributed by atoms with Crippen LogP contribution in [0.3, 0.4) is 0 Å². The number of hydrogen-bond donors (Lipinski definition) is 1. The van der Waals surface area contributed by atoms with Gasteiger partial charge in [-0.1, -0.05) is 30.3 Å². The molecule has 1 aliphatic heterocycles. The highest BCUT2D eigenvalue weighted by molar-refractivity contribution is 5.78. The SMILES string of the molecule is C[C@H](NC(=O)CN1CCc2ccccc2C1)c1ccc(F)cc1F. The van der Waals surface area contributed by atoms with Gasteiger partial charge >= 0.3 is 0 Å². The zero-order chi connectivity index (χ0) is 17.1. The molecule has 0 aromatic heterocycles. The van der Waals surface area contributed by atoms with Crippen molar-refractivity contribution in [3.63, 3.8) is 0 Å². The van der Waals surface area contributed by atoms with Gasteiger partial charge in [0.1, 0.15) is 11.6 Å². The van der Waals surface area contributed by atoms with Crippen LogP contribution in [0.25, 0.3) is 0 Å². The zero-order valence-electron chi connectivity index (χ0n) is 13.6. The maximum Gasteiger partial charge on any atom is 0.234 e. The largest absolute Gasteiger partial charge is 0.348 e. The fourth-order valence-electron chi connectivity index (χ4n) is 3.11. The van der Waals surface area contributed by atoms with E-state index in [1.807, 2.05) is 12.1 Å². The van der Waals surface area contributed by atoms with Gasteiger partial charge in [0.15, 0.2) is 0 Å². The van der Waals surface area contributed by atoms with Crippen molar-refractivity contribution in [2.24, 2.45) is 0 Å². The molecule has 0 saturated carbocycles. The molecule has 0 saturated heterocycles. The topological polar surface area (TPSA) is 32.3 Å². The molecule has 1 amide bonds. The average molecular weight is 330 g/mol. The van der Waals surface area contributed by atoms with Crippen molar-refractivity contribution in [1.29, 1.82) is 0 Å². The third-order valence-corrected chi connectivity index (χ3v) is 4.38. The Labute approximate surface area is 140 Å². The van der Waals surface area contributed by atoms with Crippen molar-refractivity contribution in [1.82, 2.24) is 10.2 Å². The smallest absolute Gasteiger partial charge is 0.234 e. The number of rotatable bonds is 4. The summed E-state index contributed by atoms with van der Waals surface area (Å²) in [6.45, 7) is 3.52. The molecule has 3 rings (SSSR count). The van der Waals surface area contributed by atoms with E-state index in [1.165, 1.54) is 23.3 Å². The van der Waals surface area contributed by atoms with Crippen molar-refractivity contribution in [2.75, 3.05) is 13.1 Å². The van der Waals surface area contributed by atoms with Gasteiger partial charge in [0, 0.05) is 24.7 Å². The lowest BCUT2D eigenvalue weighted by molar-refractivity contribution is -0.123. The Morgan fingerprint density at radius 2 is 1.96 bits per heavy atom. The standard InChI is InChI=1S/C19H20F2N2O/c1-13(17-7-6-16(20)10-18(17)21)22-19(24)12-23-9-8-14-4-2-3-5-15(14)11-23/h2-7,10,13H,8-9,11-12H2,1H3,(H,22,24)/t13-/m0/s1. The lowest BCUT2D eigenvalue weighted by atomic mass is 10.00. The predicted octanol–water partition coefficient (Wildman–Crippen LogP) is 3.20. The summed E-state index contributed by atoms with van der Waals surface area (Å²) in [6, 6.07) is 11.1. The molecule has 1 atom stereocenters. The van der Waals surface area contributed by atoms with E-state index < -0.39 is 17.7 Å². The Kier molecular flexibility index (Phi) is 4.90. The molecule has 0 fully saturated rings. The van der Waals surface area contributed by atoms with E-state index in [0.717, 1.165) is 25.6 Å². The Hall–Kier alpha value is -2.27. The van der Waals surface area contributed by atoms with Crippen LogP contribution in [0.4, 0.5) is 8.78 Å². The van der Waals surface area contributed by atoms with Gasteiger partial charge in [0.2, 0.25) is 5.91 Å². The first-order valence-corrected chi connectivity index (χ1v) is 8.06. The number of hydrogen-bond acceptors (Lipinski definition) is 2. The van der Waals surface area contributed by atoms with Crippen LogP contribution in [-0.4, -0.2) is 23.9 Å². The van der Waals surface area contributed by atoms with Crippen LogP contribution in [-0.2, 0) is 17.8 Å². The van der Waals surface area contributed by atoms with Crippen molar-refractivity contribution in [2.45, 2.75) is 25.9 Å². The maximum absolute atomic E-state index is 13.8. The molecule has 0 unspecified atom stereocenters. The van der Waals surface area contributed by atoms with Gasteiger partial charge < -0.3 is 5.32 Å². The maximum atomic E-state index is 13.8. The first-order chi connectivity index (χ1) is 11.5. The lowest BCUT2D eigenvalue weighted by Crippen LogP contribution is -2.40. The molecule has 1 N–H and O–H groups in total. The van der Waals surface area contributed by atoms with Crippen LogP contribution >= 0.6 is 0 Å². The van der Waals surface area contributed by atoms with Crippen LogP contribution in [0.15, 0.2) is 42.5 Å². The van der Waals surface area contributed by atoms with Gasteiger partial charge in [-0.15, -0.1) is 0 Å². The first kappa shape index (κ1) is 16.6. The molecule has 0 spiro atoms. The first-order valence-electron chi connectivity index (χ1n) is 8.06. The molecular formula is C19H20F2N2O. The number of nitrogens with zero attached hydrogens (tertiary/aromatic N) is 1. The molecule has 2 aromatic carbocycles. The lowest BCUT2D eigenvalue weighted by Gasteiger charge is -2.28. The Morgan fingerprint density at radius 1 is 1.21 bits per heavy atom. The normalized spacial score (nSPS) is 15.6. The summed E-state index contributed by atoms with van der Waals surface area (Å²) in [4.78, 5) is 14.3. The molecule has 2 aromatic rings. The summed E-state index contributed by atoms with van der Waals surface area (Å²) in [5.41, 5.74) is 2.86. The van der Waals surface area contributed by atoms with Crippen molar-refractivity contribution >= 4 is 5.91 Å². The van der Waals surface area contributed by atoms with E-state index in [1.54, 1.807) is 6.92 Å². The molecule has 5 heteroatoms. The average Bonchev–Trinajstić information content (AvgIpc) is 2.54. The second-order valence-electron chi connectivity index (χ2n) is 6.18. The quantitative estimate of drug-likeness (QED) is 0.934. The fourth-order valence-corrected chi connectivity index (χ4v) is 3.11. The number of carbonyl (C=O) groups is 1. The van der Waals surface area contributed by atoms with Crippen LogP contribution in [0.2, 0.25) is 0 Å². The van der Waals surface area contributed by atoms with Gasteiger partial charge in [-0.2, -0.15) is 0 Å². The third-order valence-electron chi connectivity index (χ3n) is 4.38. The van der Waals surface area contributed by atoms with Gasteiger partial charge in [0.25, 0.3) is 0 Å². The number of amides is 1. The molecule has 0 bridgehead atoms. The summed E-state index contributed by atoms with van der Waals surface area (Å²) in [6.07, 6.45) is 0.922. The fraction of sp³-hybridized carbons (Fsp3) is 0.316. The number of benzene rings is 2. The molecule has 0 aliphatic carbocycles. The van der Waals surface area contributed by atoms with Gasteiger partial charge in [-0.3, -0.25) is 9.69 Å². The van der Waals surface area contributed by atoms with Crippen molar-refractivity contribution < 1.29 is 13.6 Å². The van der Waals surface area contributed by atoms with Crippen molar-refractivity contribution in [3.8, 4) is 0 Å². The van der Waals surface area contributed by atoms with Gasteiger partial charge in [0.05, 0.1) is 12.6 Å². The molecule has 24 heavy (non-hydrogen) atoms. The molecule has 1 aliphatic rings. The highest BCUT2D eigenvalue weighted by Crippen LogP contribution is 2.19. The van der Waals surface area contributed by atoms with E-state index in [9.17, 15) is 13.6 Å². The summed E-state index contributed by atoms with van der Waals surface area (Å²) in [7, 11) is 0. The molecule has 126 valence electrons. The minimum Gasteiger partial charge on any atom is -0.348 e. The molecule has 0 radical (unpaired) electrons. The Morgan fingerprint density at radius 3 is 2.71 bits per heavy atom. The summed E-state index contributed by atoms with van der Waals surface area (Å²) >= 11 is 0.